The highest BCUT2D eigenvalue weighted by atomic mass is 32.2. The molecule has 3 aromatic rings. The molecule has 2 heterocycles. The Labute approximate surface area is 223 Å². The number of ether oxygens (including phenoxy) is 1. The van der Waals surface area contributed by atoms with E-state index in [0.29, 0.717) is 16.8 Å². The maximum atomic E-state index is 13.5. The number of nitrogens with zero attached hydrogens (tertiary/aromatic N) is 1. The first kappa shape index (κ1) is 27.3. The zero-order valence-electron chi connectivity index (χ0n) is 20.3. The highest BCUT2D eigenvalue weighted by Crippen LogP contribution is 2.32. The predicted octanol–water partition coefficient (Wildman–Crippen LogP) is 1.79. The van der Waals surface area contributed by atoms with E-state index >= 15 is 0 Å². The molecule has 0 spiro atoms. The molecule has 4 rings (SSSR count). The van der Waals surface area contributed by atoms with Gasteiger partial charge in [0, 0.05) is 12.1 Å². The monoisotopic (exact) mass is 555 g/mol. The SMILES string of the molecule is CCOC(=O)c1ccc(NC(=O)CC2SC(=NC(c3ccc(F)cc3)c3c(O)[nH]c(=O)[nH]c3=O)NC2=O)cc1. The number of carbonyl (C=O) groups excluding carboxylic acids is 3. The first-order chi connectivity index (χ1) is 18.6. The number of hydrogen-bond acceptors (Lipinski definition) is 9. The van der Waals surface area contributed by atoms with E-state index < -0.39 is 52.0 Å². The molecule has 1 fully saturated rings. The maximum absolute atomic E-state index is 13.5. The minimum atomic E-state index is -1.22. The predicted molar refractivity (Wildman–Crippen MR) is 140 cm³/mol. The fourth-order valence-electron chi connectivity index (χ4n) is 3.69. The Morgan fingerprint density at radius 2 is 1.79 bits per heavy atom. The standard InChI is InChI=1S/C25H22FN5O7S/c1-2-38-23(36)13-5-9-15(10-6-13)27-17(32)11-16-20(33)31-25(39-16)28-19(12-3-7-14(26)8-4-12)18-21(34)29-24(37)30-22(18)35/h3-10,16,19H,2,11H2,1H3,(H,27,32)(H,28,31,33)(H3,29,30,34,35,37). The van der Waals surface area contributed by atoms with Crippen molar-refractivity contribution in [3.05, 3.63) is 91.9 Å². The molecule has 1 saturated heterocycles. The Bertz CT molecular complexity index is 1550. The maximum Gasteiger partial charge on any atom is 0.338 e. The van der Waals surface area contributed by atoms with Crippen molar-refractivity contribution in [3.8, 4) is 5.88 Å². The molecule has 1 aliphatic rings. The summed E-state index contributed by atoms with van der Waals surface area (Å²) in [5.41, 5.74) is -1.15. The van der Waals surface area contributed by atoms with Crippen molar-refractivity contribution < 1.29 is 28.6 Å². The molecule has 12 nitrogen and oxygen atoms in total. The molecule has 0 bridgehead atoms. The Morgan fingerprint density at radius 3 is 2.44 bits per heavy atom. The van der Waals surface area contributed by atoms with E-state index in [2.05, 4.69) is 20.6 Å². The number of aromatic hydroxyl groups is 1. The van der Waals surface area contributed by atoms with Gasteiger partial charge in [-0.2, -0.15) is 0 Å². The number of rotatable bonds is 8. The molecule has 39 heavy (non-hydrogen) atoms. The van der Waals surface area contributed by atoms with Crippen molar-refractivity contribution in [1.82, 2.24) is 15.3 Å². The minimum absolute atomic E-state index is 0.0518. The van der Waals surface area contributed by atoms with Crippen LogP contribution in [-0.2, 0) is 14.3 Å². The summed E-state index contributed by atoms with van der Waals surface area (Å²) in [6.07, 6.45) is -0.221. The fourth-order valence-corrected chi connectivity index (χ4v) is 4.69. The van der Waals surface area contributed by atoms with Crippen molar-refractivity contribution in [1.29, 1.82) is 0 Å². The van der Waals surface area contributed by atoms with Crippen LogP contribution in [0.1, 0.15) is 40.9 Å². The molecule has 5 N–H and O–H groups in total. The van der Waals surface area contributed by atoms with Crippen molar-refractivity contribution in [2.75, 3.05) is 11.9 Å². The number of carbonyl (C=O) groups is 3. The van der Waals surface area contributed by atoms with Crippen LogP contribution in [0.25, 0.3) is 0 Å². The average molecular weight is 556 g/mol. The normalized spacial score (nSPS) is 16.5. The number of nitrogens with one attached hydrogen (secondary N) is 4. The van der Waals surface area contributed by atoms with Crippen LogP contribution in [0.3, 0.4) is 0 Å². The fraction of sp³-hybridized carbons (Fsp3) is 0.200. The van der Waals surface area contributed by atoms with Crippen LogP contribution in [0.2, 0.25) is 0 Å². The molecule has 0 radical (unpaired) electrons. The van der Waals surface area contributed by atoms with Gasteiger partial charge in [-0.05, 0) is 48.9 Å². The molecule has 14 heteroatoms. The number of halogens is 1. The molecule has 202 valence electrons. The second-order valence-corrected chi connectivity index (χ2v) is 9.40. The third-order valence-corrected chi connectivity index (χ3v) is 6.59. The van der Waals surface area contributed by atoms with E-state index in [1.165, 1.54) is 36.4 Å². The third-order valence-electron chi connectivity index (χ3n) is 5.49. The zero-order chi connectivity index (χ0) is 28.1. The molecule has 1 aromatic heterocycles. The summed E-state index contributed by atoms with van der Waals surface area (Å²) in [5, 5.41) is 14.7. The zero-order valence-corrected chi connectivity index (χ0v) is 21.1. The van der Waals surface area contributed by atoms with Crippen LogP contribution < -0.4 is 21.9 Å². The van der Waals surface area contributed by atoms with Crippen LogP contribution in [0.15, 0.2) is 63.1 Å². The van der Waals surface area contributed by atoms with Gasteiger partial charge in [-0.15, -0.1) is 0 Å². The first-order valence-corrected chi connectivity index (χ1v) is 12.5. The Kier molecular flexibility index (Phi) is 8.24. The summed E-state index contributed by atoms with van der Waals surface area (Å²) >= 11 is 0.933. The number of amides is 2. The lowest BCUT2D eigenvalue weighted by molar-refractivity contribution is -0.122. The molecule has 2 atom stereocenters. The number of thioether (sulfide) groups is 1. The van der Waals surface area contributed by atoms with E-state index in [1.54, 1.807) is 6.92 Å². The number of amidine groups is 1. The number of aromatic amines is 2. The van der Waals surface area contributed by atoms with Gasteiger partial charge >= 0.3 is 11.7 Å². The lowest BCUT2D eigenvalue weighted by atomic mass is 10.0. The van der Waals surface area contributed by atoms with Crippen LogP contribution in [-0.4, -0.2) is 49.9 Å². The summed E-state index contributed by atoms with van der Waals surface area (Å²) in [6, 6.07) is 9.78. The highest BCUT2D eigenvalue weighted by molar-refractivity contribution is 8.15. The summed E-state index contributed by atoms with van der Waals surface area (Å²) in [4.78, 5) is 69.4. The van der Waals surface area contributed by atoms with Gasteiger partial charge in [0.25, 0.3) is 5.56 Å². The van der Waals surface area contributed by atoms with Crippen LogP contribution in [0.4, 0.5) is 10.1 Å². The summed E-state index contributed by atoms with van der Waals surface area (Å²) < 4.78 is 18.4. The van der Waals surface area contributed by atoms with Crippen LogP contribution in [0, 0.1) is 5.82 Å². The Morgan fingerprint density at radius 1 is 1.10 bits per heavy atom. The molecule has 1 aliphatic heterocycles. The topological polar surface area (TPSA) is 183 Å². The van der Waals surface area contributed by atoms with Gasteiger partial charge in [-0.25, -0.2) is 19.0 Å². The Hall–Kier alpha value is -4.72. The Balaban J connectivity index is 1.51. The van der Waals surface area contributed by atoms with Gasteiger partial charge in [0.1, 0.15) is 22.7 Å². The number of H-pyrrole nitrogens is 2. The van der Waals surface area contributed by atoms with E-state index in [4.69, 9.17) is 4.74 Å². The van der Waals surface area contributed by atoms with Gasteiger partial charge in [-0.3, -0.25) is 24.4 Å². The summed E-state index contributed by atoms with van der Waals surface area (Å²) in [5.74, 6) is -2.75. The largest absolute Gasteiger partial charge is 0.494 e. The average Bonchev–Trinajstić information content (AvgIpc) is 3.22. The third kappa shape index (κ3) is 6.59. The van der Waals surface area contributed by atoms with Crippen molar-refractivity contribution in [2.24, 2.45) is 4.99 Å². The lowest BCUT2D eigenvalue weighted by Gasteiger charge is -2.14. The number of hydrogen-bond donors (Lipinski definition) is 5. The van der Waals surface area contributed by atoms with Crippen molar-refractivity contribution in [2.45, 2.75) is 24.6 Å². The minimum Gasteiger partial charge on any atom is -0.494 e. The summed E-state index contributed by atoms with van der Waals surface area (Å²) in [7, 11) is 0. The van der Waals surface area contributed by atoms with Gasteiger partial charge in [0.15, 0.2) is 5.17 Å². The smallest absolute Gasteiger partial charge is 0.338 e. The molecule has 2 amide bonds. The summed E-state index contributed by atoms with van der Waals surface area (Å²) in [6.45, 7) is 1.92. The van der Waals surface area contributed by atoms with Gasteiger partial charge in [0.2, 0.25) is 17.7 Å². The first-order valence-electron chi connectivity index (χ1n) is 11.6. The lowest BCUT2D eigenvalue weighted by Crippen LogP contribution is -2.29. The van der Waals surface area contributed by atoms with Crippen LogP contribution in [0.5, 0.6) is 5.88 Å². The van der Waals surface area contributed by atoms with E-state index in [1.807, 2.05) is 4.98 Å². The second kappa shape index (κ2) is 11.8. The van der Waals surface area contributed by atoms with Crippen molar-refractivity contribution in [3.63, 3.8) is 0 Å². The van der Waals surface area contributed by atoms with E-state index in [9.17, 15) is 33.5 Å². The van der Waals surface area contributed by atoms with Crippen LogP contribution >= 0.6 is 11.8 Å². The van der Waals surface area contributed by atoms with Gasteiger partial charge < -0.3 is 20.5 Å². The van der Waals surface area contributed by atoms with E-state index in [0.717, 1.165) is 23.9 Å². The molecule has 0 aliphatic carbocycles. The number of anilines is 1. The molecule has 2 aromatic carbocycles. The van der Waals surface area contributed by atoms with Crippen molar-refractivity contribution >= 4 is 40.4 Å². The molecular formula is C25H22FN5O7S. The van der Waals surface area contributed by atoms with Gasteiger partial charge in [-0.1, -0.05) is 23.9 Å². The molecular weight excluding hydrogens is 533 g/mol. The van der Waals surface area contributed by atoms with E-state index in [-0.39, 0.29) is 23.8 Å². The quantitative estimate of drug-likeness (QED) is 0.261. The molecule has 0 saturated carbocycles. The number of aromatic nitrogens is 2. The van der Waals surface area contributed by atoms with Gasteiger partial charge in [0.05, 0.1) is 12.2 Å². The number of aliphatic imine (C=N–C) groups is 1. The number of esters is 1. The number of benzene rings is 2. The molecule has 2 unspecified atom stereocenters. The second-order valence-electron chi connectivity index (χ2n) is 8.20. The highest BCUT2D eigenvalue weighted by Gasteiger charge is 2.34.